The smallest absolute Gasteiger partial charge is 0.337 e. The predicted molar refractivity (Wildman–Crippen MR) is 66.6 cm³/mol. The molecule has 1 heterocycles. The monoisotopic (exact) mass is 254 g/mol. The first-order valence-corrected chi connectivity index (χ1v) is 6.11. The average Bonchev–Trinajstić information content (AvgIpc) is 2.18. The Bertz CT molecular complexity index is 433. The minimum atomic E-state index is -1.03. The van der Waals surface area contributed by atoms with E-state index >= 15 is 0 Å². The molecule has 1 unspecified atom stereocenters. The molecule has 2 N–H and O–H groups in total. The van der Waals surface area contributed by atoms with Gasteiger partial charge in [-0.05, 0) is 31.7 Å². The Morgan fingerprint density at radius 1 is 1.65 bits per heavy atom. The largest absolute Gasteiger partial charge is 0.478 e. The number of hydrogen-bond acceptors (Lipinski definition) is 3. The van der Waals surface area contributed by atoms with Crippen LogP contribution in [0.2, 0.25) is 5.02 Å². The molecule has 2 rings (SSSR count). The van der Waals surface area contributed by atoms with E-state index in [9.17, 15) is 4.79 Å². The van der Waals surface area contributed by atoms with Gasteiger partial charge in [-0.15, -0.1) is 0 Å². The Morgan fingerprint density at radius 3 is 2.88 bits per heavy atom. The van der Waals surface area contributed by atoms with Gasteiger partial charge in [-0.25, -0.2) is 9.78 Å². The highest BCUT2D eigenvalue weighted by atomic mass is 35.5. The maximum atomic E-state index is 10.9. The topological polar surface area (TPSA) is 62.2 Å². The Labute approximate surface area is 105 Å². The number of carbonyl (C=O) groups is 1. The summed E-state index contributed by atoms with van der Waals surface area (Å²) >= 11 is 6.01. The van der Waals surface area contributed by atoms with E-state index in [2.05, 4.69) is 17.2 Å². The standard InChI is InChI=1S/C12H15ClN2O2/c1-7(8-3-2-4-8)15-11-10(13)9(12(16)17)5-6-14-11/h5-8H,2-4H2,1H3,(H,14,15)(H,16,17). The van der Waals surface area contributed by atoms with Crippen LogP contribution in [0.4, 0.5) is 5.82 Å². The Kier molecular flexibility index (Phi) is 3.52. The molecule has 92 valence electrons. The van der Waals surface area contributed by atoms with E-state index in [4.69, 9.17) is 16.7 Å². The third-order valence-electron chi connectivity index (χ3n) is 3.34. The molecule has 4 nitrogen and oxygen atoms in total. The molecule has 0 aliphatic heterocycles. The van der Waals surface area contributed by atoms with Gasteiger partial charge in [-0.1, -0.05) is 18.0 Å². The van der Waals surface area contributed by atoms with Gasteiger partial charge in [0.15, 0.2) is 0 Å². The lowest BCUT2D eigenvalue weighted by Crippen LogP contribution is -2.31. The van der Waals surface area contributed by atoms with Crippen molar-refractivity contribution in [3.8, 4) is 0 Å². The van der Waals surface area contributed by atoms with Crippen molar-refractivity contribution in [2.75, 3.05) is 5.32 Å². The van der Waals surface area contributed by atoms with Gasteiger partial charge < -0.3 is 10.4 Å². The van der Waals surface area contributed by atoms with Gasteiger partial charge in [0.2, 0.25) is 0 Å². The summed E-state index contributed by atoms with van der Waals surface area (Å²) in [5.74, 6) is 0.0732. The number of pyridine rings is 1. The maximum absolute atomic E-state index is 10.9. The lowest BCUT2D eigenvalue weighted by molar-refractivity contribution is 0.0697. The summed E-state index contributed by atoms with van der Waals surface area (Å²) in [5, 5.41) is 12.3. The summed E-state index contributed by atoms with van der Waals surface area (Å²) in [6, 6.07) is 1.68. The zero-order valence-electron chi connectivity index (χ0n) is 9.61. The van der Waals surface area contributed by atoms with Crippen molar-refractivity contribution in [1.29, 1.82) is 0 Å². The summed E-state index contributed by atoms with van der Waals surface area (Å²) in [7, 11) is 0. The Morgan fingerprint density at radius 2 is 2.35 bits per heavy atom. The van der Waals surface area contributed by atoms with Gasteiger partial charge in [-0.2, -0.15) is 0 Å². The van der Waals surface area contributed by atoms with Crippen LogP contribution >= 0.6 is 11.6 Å². The van der Waals surface area contributed by atoms with Crippen LogP contribution in [-0.2, 0) is 0 Å². The first kappa shape index (κ1) is 12.2. The Hall–Kier alpha value is -1.29. The van der Waals surface area contributed by atoms with Gasteiger partial charge in [0.1, 0.15) is 5.82 Å². The SMILES string of the molecule is CC(Nc1nccc(C(=O)O)c1Cl)C1CCC1. The van der Waals surface area contributed by atoms with E-state index in [1.807, 2.05) is 0 Å². The highest BCUT2D eigenvalue weighted by Gasteiger charge is 2.25. The highest BCUT2D eigenvalue weighted by Crippen LogP contribution is 2.32. The number of halogens is 1. The van der Waals surface area contributed by atoms with Crippen LogP contribution in [0, 0.1) is 5.92 Å². The van der Waals surface area contributed by atoms with Gasteiger partial charge >= 0.3 is 5.97 Å². The van der Waals surface area contributed by atoms with Crippen molar-refractivity contribution >= 4 is 23.4 Å². The number of aromatic carboxylic acids is 1. The molecule has 0 radical (unpaired) electrons. The molecule has 1 aliphatic rings. The van der Waals surface area contributed by atoms with Crippen LogP contribution in [-0.4, -0.2) is 22.1 Å². The van der Waals surface area contributed by atoms with E-state index in [1.165, 1.54) is 31.5 Å². The zero-order valence-corrected chi connectivity index (χ0v) is 10.4. The van der Waals surface area contributed by atoms with E-state index in [1.54, 1.807) is 0 Å². The molecule has 1 aromatic heterocycles. The minimum Gasteiger partial charge on any atom is -0.478 e. The molecule has 0 spiro atoms. The number of carboxylic acid groups (broad SMARTS) is 1. The minimum absolute atomic E-state index is 0.0879. The van der Waals surface area contributed by atoms with Gasteiger partial charge in [0.05, 0.1) is 10.6 Å². The van der Waals surface area contributed by atoms with Crippen LogP contribution in [0.3, 0.4) is 0 Å². The first-order chi connectivity index (χ1) is 8.09. The number of carboxylic acids is 1. The number of anilines is 1. The van der Waals surface area contributed by atoms with Crippen molar-refractivity contribution in [2.24, 2.45) is 5.92 Å². The third-order valence-corrected chi connectivity index (χ3v) is 3.72. The second-order valence-electron chi connectivity index (χ2n) is 4.45. The Balaban J connectivity index is 2.15. The molecule has 1 aromatic rings. The highest BCUT2D eigenvalue weighted by molar-refractivity contribution is 6.35. The molecule has 1 atom stereocenters. The molecular weight excluding hydrogens is 240 g/mol. The molecule has 1 fully saturated rings. The van der Waals surface area contributed by atoms with E-state index in [0.717, 1.165) is 0 Å². The van der Waals surface area contributed by atoms with E-state index < -0.39 is 5.97 Å². The summed E-state index contributed by atoms with van der Waals surface area (Å²) < 4.78 is 0. The van der Waals surface area contributed by atoms with E-state index in [0.29, 0.717) is 11.7 Å². The first-order valence-electron chi connectivity index (χ1n) is 5.74. The van der Waals surface area contributed by atoms with E-state index in [-0.39, 0.29) is 16.6 Å². The van der Waals surface area contributed by atoms with Crippen LogP contribution in [0.25, 0.3) is 0 Å². The molecule has 0 aromatic carbocycles. The van der Waals surface area contributed by atoms with Crippen molar-refractivity contribution in [3.05, 3.63) is 22.8 Å². The fraction of sp³-hybridized carbons (Fsp3) is 0.500. The molecule has 0 amide bonds. The maximum Gasteiger partial charge on any atom is 0.337 e. The second-order valence-corrected chi connectivity index (χ2v) is 4.83. The number of aromatic nitrogens is 1. The third kappa shape index (κ3) is 2.52. The number of hydrogen-bond donors (Lipinski definition) is 2. The molecule has 0 bridgehead atoms. The number of nitrogens with one attached hydrogen (secondary N) is 1. The summed E-state index contributed by atoms with van der Waals surface area (Å²) in [6.45, 7) is 2.08. The van der Waals surface area contributed by atoms with Crippen molar-refractivity contribution in [1.82, 2.24) is 4.98 Å². The molecule has 1 saturated carbocycles. The summed E-state index contributed by atoms with van der Waals surface area (Å²) in [4.78, 5) is 15.0. The fourth-order valence-corrected chi connectivity index (χ4v) is 2.23. The number of nitrogens with zero attached hydrogens (tertiary/aromatic N) is 1. The lowest BCUT2D eigenvalue weighted by atomic mass is 9.80. The van der Waals surface area contributed by atoms with Crippen LogP contribution in [0.5, 0.6) is 0 Å². The second kappa shape index (κ2) is 4.92. The van der Waals surface area contributed by atoms with Crippen molar-refractivity contribution in [3.63, 3.8) is 0 Å². The average molecular weight is 255 g/mol. The molecular formula is C12H15ClN2O2. The van der Waals surface area contributed by atoms with Gasteiger partial charge in [-0.3, -0.25) is 0 Å². The fourth-order valence-electron chi connectivity index (χ4n) is 1.98. The zero-order chi connectivity index (χ0) is 12.4. The van der Waals surface area contributed by atoms with Crippen molar-refractivity contribution in [2.45, 2.75) is 32.2 Å². The quantitative estimate of drug-likeness (QED) is 0.867. The van der Waals surface area contributed by atoms with Gasteiger partial charge in [0.25, 0.3) is 0 Å². The summed E-state index contributed by atoms with van der Waals surface area (Å²) in [6.07, 6.45) is 5.16. The summed E-state index contributed by atoms with van der Waals surface area (Å²) in [5.41, 5.74) is 0.0879. The molecule has 5 heteroatoms. The van der Waals surface area contributed by atoms with Gasteiger partial charge in [0, 0.05) is 12.2 Å². The molecule has 0 saturated heterocycles. The van der Waals surface area contributed by atoms with Crippen LogP contribution < -0.4 is 5.32 Å². The lowest BCUT2D eigenvalue weighted by Gasteiger charge is -2.32. The normalized spacial score (nSPS) is 17.3. The van der Waals surface area contributed by atoms with Crippen molar-refractivity contribution < 1.29 is 9.90 Å². The molecule has 1 aliphatic carbocycles. The van der Waals surface area contributed by atoms with Crippen LogP contribution in [0.15, 0.2) is 12.3 Å². The molecule has 17 heavy (non-hydrogen) atoms. The number of rotatable bonds is 4. The van der Waals surface area contributed by atoms with Crippen LogP contribution in [0.1, 0.15) is 36.5 Å². The predicted octanol–water partition coefficient (Wildman–Crippen LogP) is 3.03.